The molecule has 1 saturated heterocycles. The van der Waals surface area contributed by atoms with Crippen LogP contribution < -0.4 is 5.32 Å². The van der Waals surface area contributed by atoms with Gasteiger partial charge in [0.15, 0.2) is 0 Å². The van der Waals surface area contributed by atoms with Gasteiger partial charge in [-0.05, 0) is 24.4 Å². The molecule has 0 spiro atoms. The lowest BCUT2D eigenvalue weighted by atomic mass is 10.2. The Morgan fingerprint density at radius 1 is 1.71 bits per heavy atom. The summed E-state index contributed by atoms with van der Waals surface area (Å²) in [5, 5.41) is 5.20. The summed E-state index contributed by atoms with van der Waals surface area (Å²) in [5.74, 6) is 0.147. The Bertz CT molecular complexity index is 304. The van der Waals surface area contributed by atoms with E-state index in [0.29, 0.717) is 6.04 Å². The predicted molar refractivity (Wildman–Crippen MR) is 57.7 cm³/mol. The van der Waals surface area contributed by atoms with Gasteiger partial charge in [0.1, 0.15) is 0 Å². The fourth-order valence-electron chi connectivity index (χ4n) is 1.71. The molecule has 1 aromatic rings. The quantitative estimate of drug-likeness (QED) is 0.795. The van der Waals surface area contributed by atoms with Crippen LogP contribution in [0.3, 0.4) is 0 Å². The first-order chi connectivity index (χ1) is 6.79. The van der Waals surface area contributed by atoms with Crippen LogP contribution in [0.2, 0.25) is 0 Å². The van der Waals surface area contributed by atoms with E-state index in [9.17, 15) is 4.79 Å². The fraction of sp³-hybridized carbons (Fsp3) is 0.500. The molecule has 0 aliphatic carbocycles. The summed E-state index contributed by atoms with van der Waals surface area (Å²) in [4.78, 5) is 14.6. The average Bonchev–Trinajstić information content (AvgIpc) is 2.87. The average molecular weight is 210 g/mol. The molecule has 3 nitrogen and oxygen atoms in total. The molecule has 1 aromatic heterocycles. The Morgan fingerprint density at radius 2 is 2.57 bits per heavy atom. The van der Waals surface area contributed by atoms with Gasteiger partial charge in [0.05, 0.1) is 4.88 Å². The Balaban J connectivity index is 2.04. The van der Waals surface area contributed by atoms with Crippen molar-refractivity contribution >= 4 is 17.2 Å². The van der Waals surface area contributed by atoms with Crippen LogP contribution in [0.25, 0.3) is 0 Å². The van der Waals surface area contributed by atoms with Gasteiger partial charge in [0.25, 0.3) is 5.91 Å². The van der Waals surface area contributed by atoms with E-state index in [1.54, 1.807) is 0 Å². The third-order valence-corrected chi connectivity index (χ3v) is 3.49. The molecule has 14 heavy (non-hydrogen) atoms. The number of hydrogen-bond acceptors (Lipinski definition) is 3. The van der Waals surface area contributed by atoms with E-state index in [1.165, 1.54) is 11.3 Å². The van der Waals surface area contributed by atoms with Crippen molar-refractivity contribution in [2.45, 2.75) is 12.5 Å². The standard InChI is InChI=1S/C10H14N2OS/c1-12(8-4-5-11-7-8)10(13)9-3-2-6-14-9/h2-3,6,8,11H,4-5,7H2,1H3/t8-/m0/s1. The number of hydrogen-bond donors (Lipinski definition) is 1. The van der Waals surface area contributed by atoms with Gasteiger partial charge in [-0.3, -0.25) is 4.79 Å². The van der Waals surface area contributed by atoms with E-state index in [4.69, 9.17) is 0 Å². The summed E-state index contributed by atoms with van der Waals surface area (Å²) in [6.45, 7) is 1.94. The van der Waals surface area contributed by atoms with Gasteiger partial charge in [-0.1, -0.05) is 6.07 Å². The summed E-state index contributed by atoms with van der Waals surface area (Å²) < 4.78 is 0. The van der Waals surface area contributed by atoms with Crippen LogP contribution in [0, 0.1) is 0 Å². The normalized spacial score (nSPS) is 21.1. The number of carbonyl (C=O) groups excluding carboxylic acids is 1. The van der Waals surface area contributed by atoms with Gasteiger partial charge in [-0.15, -0.1) is 11.3 Å². The topological polar surface area (TPSA) is 32.3 Å². The zero-order valence-electron chi connectivity index (χ0n) is 8.19. The molecule has 2 heterocycles. The molecule has 1 aliphatic rings. The molecular formula is C10H14N2OS. The molecule has 1 atom stereocenters. The first-order valence-electron chi connectivity index (χ1n) is 4.80. The third-order valence-electron chi connectivity index (χ3n) is 2.63. The van der Waals surface area contributed by atoms with Crippen molar-refractivity contribution in [2.24, 2.45) is 0 Å². The zero-order valence-corrected chi connectivity index (χ0v) is 9.01. The molecule has 2 rings (SSSR count). The summed E-state index contributed by atoms with van der Waals surface area (Å²) in [6.07, 6.45) is 1.06. The molecule has 1 N–H and O–H groups in total. The van der Waals surface area contributed by atoms with E-state index in [-0.39, 0.29) is 5.91 Å². The minimum Gasteiger partial charge on any atom is -0.337 e. The smallest absolute Gasteiger partial charge is 0.263 e. The minimum absolute atomic E-state index is 0.147. The Labute approximate surface area is 87.7 Å². The van der Waals surface area contributed by atoms with Crippen LogP contribution in [-0.4, -0.2) is 37.0 Å². The highest BCUT2D eigenvalue weighted by atomic mass is 32.1. The molecule has 0 aromatic carbocycles. The number of rotatable bonds is 2. The largest absolute Gasteiger partial charge is 0.337 e. The van der Waals surface area contributed by atoms with Crippen LogP contribution >= 0.6 is 11.3 Å². The van der Waals surface area contributed by atoms with Crippen molar-refractivity contribution in [1.82, 2.24) is 10.2 Å². The number of nitrogens with zero attached hydrogens (tertiary/aromatic N) is 1. The van der Waals surface area contributed by atoms with Crippen LogP contribution in [0.4, 0.5) is 0 Å². The second kappa shape index (κ2) is 4.11. The molecular weight excluding hydrogens is 196 g/mol. The van der Waals surface area contributed by atoms with Crippen LogP contribution in [0.15, 0.2) is 17.5 Å². The molecule has 1 amide bonds. The van der Waals surface area contributed by atoms with Crippen molar-refractivity contribution in [2.75, 3.05) is 20.1 Å². The number of thiophene rings is 1. The lowest BCUT2D eigenvalue weighted by molar-refractivity contribution is 0.0748. The van der Waals surface area contributed by atoms with E-state index >= 15 is 0 Å². The Hall–Kier alpha value is -0.870. The number of nitrogens with one attached hydrogen (secondary N) is 1. The zero-order chi connectivity index (χ0) is 9.97. The van der Waals surface area contributed by atoms with Gasteiger partial charge < -0.3 is 10.2 Å². The second-order valence-electron chi connectivity index (χ2n) is 3.54. The molecule has 0 bridgehead atoms. The van der Waals surface area contributed by atoms with Crippen molar-refractivity contribution < 1.29 is 4.79 Å². The molecule has 76 valence electrons. The molecule has 0 saturated carbocycles. The highest BCUT2D eigenvalue weighted by molar-refractivity contribution is 7.12. The maximum Gasteiger partial charge on any atom is 0.263 e. The predicted octanol–water partition coefficient (Wildman–Crippen LogP) is 1.18. The second-order valence-corrected chi connectivity index (χ2v) is 4.49. The van der Waals surface area contributed by atoms with Gasteiger partial charge in [0, 0.05) is 19.6 Å². The summed E-state index contributed by atoms with van der Waals surface area (Å²) in [5.41, 5.74) is 0. The summed E-state index contributed by atoms with van der Waals surface area (Å²) in [7, 11) is 1.89. The van der Waals surface area contributed by atoms with Gasteiger partial charge in [0.2, 0.25) is 0 Å². The van der Waals surface area contributed by atoms with Crippen LogP contribution in [0.1, 0.15) is 16.1 Å². The highest BCUT2D eigenvalue weighted by Gasteiger charge is 2.24. The van der Waals surface area contributed by atoms with Crippen molar-refractivity contribution in [3.63, 3.8) is 0 Å². The fourth-order valence-corrected chi connectivity index (χ4v) is 2.42. The summed E-state index contributed by atoms with van der Waals surface area (Å²) >= 11 is 1.51. The van der Waals surface area contributed by atoms with E-state index in [0.717, 1.165) is 24.4 Å². The third kappa shape index (κ3) is 1.81. The molecule has 0 radical (unpaired) electrons. The highest BCUT2D eigenvalue weighted by Crippen LogP contribution is 2.15. The number of likely N-dealkylation sites (N-methyl/N-ethyl adjacent to an activating group) is 1. The van der Waals surface area contributed by atoms with Crippen molar-refractivity contribution in [3.05, 3.63) is 22.4 Å². The lowest BCUT2D eigenvalue weighted by Crippen LogP contribution is -2.37. The summed E-state index contributed by atoms with van der Waals surface area (Å²) in [6, 6.07) is 4.16. The number of carbonyl (C=O) groups is 1. The van der Waals surface area contributed by atoms with Gasteiger partial charge in [-0.25, -0.2) is 0 Å². The number of amides is 1. The molecule has 4 heteroatoms. The molecule has 1 fully saturated rings. The Morgan fingerprint density at radius 3 is 3.14 bits per heavy atom. The molecule has 1 aliphatic heterocycles. The van der Waals surface area contributed by atoms with E-state index in [2.05, 4.69) is 5.32 Å². The first-order valence-corrected chi connectivity index (χ1v) is 5.68. The maximum absolute atomic E-state index is 11.9. The van der Waals surface area contributed by atoms with Crippen molar-refractivity contribution in [1.29, 1.82) is 0 Å². The Kier molecular flexibility index (Phi) is 2.84. The SMILES string of the molecule is CN(C(=O)c1cccs1)[C@H]1CCNC1. The van der Waals surface area contributed by atoms with Crippen LogP contribution in [-0.2, 0) is 0 Å². The molecule has 0 unspecified atom stereocenters. The minimum atomic E-state index is 0.147. The van der Waals surface area contributed by atoms with Gasteiger partial charge in [-0.2, -0.15) is 0 Å². The van der Waals surface area contributed by atoms with E-state index in [1.807, 2.05) is 29.5 Å². The maximum atomic E-state index is 11.9. The first kappa shape index (κ1) is 9.68. The monoisotopic (exact) mass is 210 g/mol. The van der Waals surface area contributed by atoms with Gasteiger partial charge >= 0.3 is 0 Å². The van der Waals surface area contributed by atoms with Crippen molar-refractivity contribution in [3.8, 4) is 0 Å². The lowest BCUT2D eigenvalue weighted by Gasteiger charge is -2.22. The van der Waals surface area contributed by atoms with Crippen LogP contribution in [0.5, 0.6) is 0 Å². The van der Waals surface area contributed by atoms with E-state index < -0.39 is 0 Å².